The molecule has 0 aliphatic carbocycles. The Kier molecular flexibility index (Phi) is 2.37. The number of thioether (sulfide) groups is 1. The molecule has 1 heterocycles. The van der Waals surface area contributed by atoms with Gasteiger partial charge in [-0.15, -0.1) is 0 Å². The largest absolute Gasteiger partial charge is 0.160 e. The van der Waals surface area contributed by atoms with Crippen LogP contribution in [-0.4, -0.2) is 16.4 Å². The van der Waals surface area contributed by atoms with Crippen molar-refractivity contribution < 1.29 is 0 Å². The van der Waals surface area contributed by atoms with E-state index in [1.54, 1.807) is 0 Å². The summed E-state index contributed by atoms with van der Waals surface area (Å²) in [6, 6.07) is 0. The van der Waals surface area contributed by atoms with Crippen molar-refractivity contribution in [2.75, 3.05) is 11.5 Å². The molecule has 0 unspecified atom stereocenters. The first kappa shape index (κ1) is 9.53. The van der Waals surface area contributed by atoms with Gasteiger partial charge in [0.25, 0.3) is 0 Å². The molecule has 0 radical (unpaired) electrons. The zero-order valence-electron chi connectivity index (χ0n) is 7.73. The minimum atomic E-state index is 0.266. The van der Waals surface area contributed by atoms with Crippen molar-refractivity contribution in [3.8, 4) is 0 Å². The van der Waals surface area contributed by atoms with Crippen LogP contribution in [0, 0.1) is 10.8 Å². The molecule has 0 atom stereocenters. The van der Waals surface area contributed by atoms with Gasteiger partial charge in [0.2, 0.25) is 0 Å². The summed E-state index contributed by atoms with van der Waals surface area (Å²) in [6.07, 6.45) is 0. The molecule has 1 saturated heterocycles. The third-order valence-corrected chi connectivity index (χ3v) is 5.11. The van der Waals surface area contributed by atoms with Crippen LogP contribution in [0.25, 0.3) is 0 Å². The molecule has 1 rings (SSSR count). The second kappa shape index (κ2) is 2.74. The van der Waals surface area contributed by atoms with Gasteiger partial charge in [-0.1, -0.05) is 39.9 Å². The van der Waals surface area contributed by atoms with Gasteiger partial charge in [-0.25, -0.2) is 0 Å². The molecule has 64 valence electrons. The van der Waals surface area contributed by atoms with Crippen molar-refractivity contribution in [1.29, 1.82) is 0 Å². The highest BCUT2D eigenvalue weighted by Gasteiger charge is 2.38. The molecular weight excluding hydrogens is 172 g/mol. The Morgan fingerprint density at radius 3 is 1.73 bits per heavy atom. The molecule has 0 aromatic carbocycles. The van der Waals surface area contributed by atoms with Crippen LogP contribution in [0.5, 0.6) is 0 Å². The number of rotatable bonds is 0. The predicted octanol–water partition coefficient (Wildman–Crippen LogP) is 3.16. The summed E-state index contributed by atoms with van der Waals surface area (Å²) >= 11 is 7.49. The van der Waals surface area contributed by atoms with Crippen molar-refractivity contribution in [2.45, 2.75) is 27.7 Å². The average Bonchev–Trinajstić information content (AvgIpc) is 1.82. The van der Waals surface area contributed by atoms with Gasteiger partial charge in [0, 0.05) is 27.2 Å². The lowest BCUT2D eigenvalue weighted by Gasteiger charge is -2.41. The lowest BCUT2D eigenvalue weighted by molar-refractivity contribution is 0.489. The zero-order chi connectivity index (χ0) is 8.70. The summed E-state index contributed by atoms with van der Waals surface area (Å²) in [7, 11) is 0. The molecule has 0 saturated carbocycles. The van der Waals surface area contributed by atoms with Crippen LogP contribution in [-0.2, 0) is 0 Å². The van der Waals surface area contributed by atoms with Crippen molar-refractivity contribution in [3.63, 3.8) is 0 Å². The highest BCUT2D eigenvalue weighted by molar-refractivity contribution is 7.99. The first-order valence-corrected chi connectivity index (χ1v) is 5.55. The van der Waals surface area contributed by atoms with Crippen LogP contribution < -0.4 is 0 Å². The molecule has 11 heavy (non-hydrogen) atoms. The van der Waals surface area contributed by atoms with E-state index in [2.05, 4.69) is 27.7 Å². The Balaban J connectivity index is 2.85. The van der Waals surface area contributed by atoms with Gasteiger partial charge in [0.1, 0.15) is 0 Å². The van der Waals surface area contributed by atoms with Crippen molar-refractivity contribution >= 4 is 28.8 Å². The van der Waals surface area contributed by atoms with Gasteiger partial charge in [0.05, 0.1) is 0 Å². The van der Waals surface area contributed by atoms with E-state index in [0.29, 0.717) is 0 Å². The van der Waals surface area contributed by atoms with Crippen molar-refractivity contribution in [1.82, 2.24) is 0 Å². The van der Waals surface area contributed by atoms with Gasteiger partial charge < -0.3 is 0 Å². The van der Waals surface area contributed by atoms with Gasteiger partial charge in [-0.05, 0) is 0 Å². The molecule has 1 aliphatic heterocycles. The first-order chi connectivity index (χ1) is 4.86. The van der Waals surface area contributed by atoms with Gasteiger partial charge in [-0.3, -0.25) is 0 Å². The molecule has 0 aromatic rings. The van der Waals surface area contributed by atoms with E-state index in [1.807, 2.05) is 11.8 Å². The van der Waals surface area contributed by atoms with E-state index in [-0.39, 0.29) is 10.8 Å². The number of thiocarbonyl (C=S) groups is 1. The summed E-state index contributed by atoms with van der Waals surface area (Å²) in [5.41, 5.74) is 0.531. The Morgan fingerprint density at radius 1 is 1.09 bits per heavy atom. The summed E-state index contributed by atoms with van der Waals surface area (Å²) < 4.78 is 0. The second-order valence-corrected chi connectivity index (χ2v) is 5.98. The highest BCUT2D eigenvalue weighted by Crippen LogP contribution is 2.41. The first-order valence-electron chi connectivity index (χ1n) is 3.99. The van der Waals surface area contributed by atoms with Gasteiger partial charge in [-0.2, -0.15) is 11.8 Å². The Labute approximate surface area is 79.1 Å². The highest BCUT2D eigenvalue weighted by atomic mass is 32.2. The van der Waals surface area contributed by atoms with Gasteiger partial charge >= 0.3 is 0 Å². The summed E-state index contributed by atoms with van der Waals surface area (Å²) in [5, 5.41) is 0. The minimum absolute atomic E-state index is 0.266. The van der Waals surface area contributed by atoms with E-state index >= 15 is 0 Å². The van der Waals surface area contributed by atoms with Crippen molar-refractivity contribution in [2.24, 2.45) is 10.8 Å². The fourth-order valence-corrected chi connectivity index (χ4v) is 3.35. The van der Waals surface area contributed by atoms with E-state index in [1.165, 1.54) is 16.4 Å². The van der Waals surface area contributed by atoms with Crippen LogP contribution in [0.3, 0.4) is 0 Å². The summed E-state index contributed by atoms with van der Waals surface area (Å²) in [4.78, 5) is 1.25. The van der Waals surface area contributed by atoms with Crippen molar-refractivity contribution in [3.05, 3.63) is 0 Å². The average molecular weight is 188 g/mol. The quantitative estimate of drug-likeness (QED) is 0.536. The molecule has 0 bridgehead atoms. The molecule has 2 heteroatoms. The van der Waals surface area contributed by atoms with E-state index in [9.17, 15) is 0 Å². The second-order valence-electron chi connectivity index (χ2n) is 4.59. The molecule has 0 nitrogen and oxygen atoms in total. The fraction of sp³-hybridized carbons (Fsp3) is 0.889. The lowest BCUT2D eigenvalue weighted by atomic mass is 9.76. The molecular formula is C9H16S2. The maximum absolute atomic E-state index is 5.46. The lowest BCUT2D eigenvalue weighted by Crippen LogP contribution is -2.42. The molecule has 1 fully saturated rings. The summed E-state index contributed by atoms with van der Waals surface area (Å²) in [6.45, 7) is 9.01. The third kappa shape index (κ3) is 1.78. The Bertz CT molecular complexity index is 162. The molecule has 0 amide bonds. The monoisotopic (exact) mass is 188 g/mol. The van der Waals surface area contributed by atoms with Crippen LogP contribution in [0.2, 0.25) is 0 Å². The molecule has 0 aromatic heterocycles. The predicted molar refractivity (Wildman–Crippen MR) is 57.5 cm³/mol. The maximum atomic E-state index is 5.46. The smallest absolute Gasteiger partial charge is 0.00574 e. The van der Waals surface area contributed by atoms with E-state index < -0.39 is 0 Å². The molecule has 0 spiro atoms. The molecule has 1 aliphatic rings. The van der Waals surface area contributed by atoms with Crippen LogP contribution >= 0.6 is 24.0 Å². The van der Waals surface area contributed by atoms with Crippen LogP contribution in [0.15, 0.2) is 0 Å². The Morgan fingerprint density at radius 2 is 1.45 bits per heavy atom. The normalized spacial score (nSPS) is 28.5. The number of hydrogen-bond acceptors (Lipinski definition) is 2. The van der Waals surface area contributed by atoms with E-state index in [4.69, 9.17) is 12.2 Å². The van der Waals surface area contributed by atoms with Gasteiger partial charge in [0.15, 0.2) is 0 Å². The number of hydrogen-bond donors (Lipinski definition) is 0. The standard InChI is InChI=1S/C9H16S2/c1-8(2)5-11-6-9(3,4)7(8)10/h5-6H2,1-4H3. The van der Waals surface area contributed by atoms with Crippen LogP contribution in [0.1, 0.15) is 27.7 Å². The topological polar surface area (TPSA) is 0 Å². The molecule has 0 N–H and O–H groups in total. The Hall–Kier alpha value is 0.440. The third-order valence-electron chi connectivity index (χ3n) is 2.16. The van der Waals surface area contributed by atoms with E-state index in [0.717, 1.165) is 0 Å². The van der Waals surface area contributed by atoms with Crippen LogP contribution in [0.4, 0.5) is 0 Å². The zero-order valence-corrected chi connectivity index (χ0v) is 9.36. The maximum Gasteiger partial charge on any atom is 0.00574 e. The SMILES string of the molecule is CC1(C)CSCC(C)(C)C1=S. The minimum Gasteiger partial charge on any atom is -0.160 e. The fourth-order valence-electron chi connectivity index (χ4n) is 1.61. The summed E-state index contributed by atoms with van der Waals surface area (Å²) in [5.74, 6) is 2.38.